The molecule has 0 aliphatic carbocycles. The molecule has 0 heterocycles. The molecule has 1 aromatic rings. The van der Waals surface area contributed by atoms with E-state index in [0.717, 1.165) is 11.3 Å². The zero-order chi connectivity index (χ0) is 13.1. The minimum atomic E-state index is -1.24. The summed E-state index contributed by atoms with van der Waals surface area (Å²) in [5, 5.41) is 8.85. The SMILES string of the molecule is Cc1ccc(OCCC(C)(N)C(=O)O)c(C)c1. The third-order valence-electron chi connectivity index (χ3n) is 2.70. The molecule has 1 atom stereocenters. The Hall–Kier alpha value is -1.55. The first-order valence-corrected chi connectivity index (χ1v) is 5.55. The molecule has 17 heavy (non-hydrogen) atoms. The zero-order valence-electron chi connectivity index (χ0n) is 10.5. The van der Waals surface area contributed by atoms with Gasteiger partial charge in [-0.05, 0) is 32.4 Å². The molecule has 0 amide bonds. The fourth-order valence-electron chi connectivity index (χ4n) is 1.44. The first-order chi connectivity index (χ1) is 7.83. The van der Waals surface area contributed by atoms with Crippen molar-refractivity contribution in [2.75, 3.05) is 6.61 Å². The number of hydrogen-bond donors (Lipinski definition) is 2. The Labute approximate surface area is 101 Å². The molecular formula is C13H19NO3. The summed E-state index contributed by atoms with van der Waals surface area (Å²) < 4.78 is 5.53. The second kappa shape index (κ2) is 5.19. The van der Waals surface area contributed by atoms with Crippen LogP contribution in [0.25, 0.3) is 0 Å². The molecule has 4 heteroatoms. The molecule has 0 radical (unpaired) electrons. The van der Waals surface area contributed by atoms with Crippen molar-refractivity contribution in [2.45, 2.75) is 32.7 Å². The molecule has 0 aromatic heterocycles. The van der Waals surface area contributed by atoms with E-state index >= 15 is 0 Å². The Kier molecular flexibility index (Phi) is 4.12. The number of benzene rings is 1. The van der Waals surface area contributed by atoms with Crippen molar-refractivity contribution in [3.8, 4) is 5.75 Å². The Morgan fingerprint density at radius 3 is 2.65 bits per heavy atom. The van der Waals surface area contributed by atoms with Gasteiger partial charge in [-0.1, -0.05) is 17.7 Å². The van der Waals surface area contributed by atoms with Gasteiger partial charge in [-0.15, -0.1) is 0 Å². The quantitative estimate of drug-likeness (QED) is 0.820. The second-order valence-electron chi connectivity index (χ2n) is 4.59. The number of carbonyl (C=O) groups is 1. The van der Waals surface area contributed by atoms with Crippen LogP contribution in [0.2, 0.25) is 0 Å². The minimum absolute atomic E-state index is 0.273. The van der Waals surface area contributed by atoms with Crippen molar-refractivity contribution in [3.63, 3.8) is 0 Å². The lowest BCUT2D eigenvalue weighted by Gasteiger charge is -2.19. The first-order valence-electron chi connectivity index (χ1n) is 5.55. The topological polar surface area (TPSA) is 72.5 Å². The smallest absolute Gasteiger partial charge is 0.323 e. The van der Waals surface area contributed by atoms with Crippen molar-refractivity contribution < 1.29 is 14.6 Å². The number of nitrogens with two attached hydrogens (primary N) is 1. The number of carboxylic acids is 1. The van der Waals surface area contributed by atoms with E-state index in [1.807, 2.05) is 32.0 Å². The number of hydrogen-bond acceptors (Lipinski definition) is 3. The molecule has 0 saturated heterocycles. The van der Waals surface area contributed by atoms with Gasteiger partial charge in [0, 0.05) is 6.42 Å². The summed E-state index contributed by atoms with van der Waals surface area (Å²) in [5.74, 6) is -0.237. The first kappa shape index (κ1) is 13.5. The van der Waals surface area contributed by atoms with Gasteiger partial charge in [0.2, 0.25) is 0 Å². The molecule has 0 aliphatic rings. The standard InChI is InChI=1S/C13H19NO3/c1-9-4-5-11(10(2)8-9)17-7-6-13(3,14)12(15)16/h4-5,8H,6-7,14H2,1-3H3,(H,15,16). The summed E-state index contributed by atoms with van der Waals surface area (Å²) in [7, 11) is 0. The van der Waals surface area contributed by atoms with Crippen LogP contribution in [0.3, 0.4) is 0 Å². The van der Waals surface area contributed by atoms with E-state index < -0.39 is 11.5 Å². The van der Waals surface area contributed by atoms with Crippen LogP contribution in [0.5, 0.6) is 5.75 Å². The van der Waals surface area contributed by atoms with Gasteiger partial charge in [0.05, 0.1) is 6.61 Å². The van der Waals surface area contributed by atoms with Crippen LogP contribution in [-0.4, -0.2) is 23.2 Å². The maximum absolute atomic E-state index is 10.8. The summed E-state index contributed by atoms with van der Waals surface area (Å²) in [6.07, 6.45) is 0.273. The van der Waals surface area contributed by atoms with E-state index in [1.54, 1.807) is 0 Å². The van der Waals surface area contributed by atoms with E-state index in [9.17, 15) is 4.79 Å². The lowest BCUT2D eigenvalue weighted by Crippen LogP contribution is -2.45. The molecule has 0 aliphatic heterocycles. The Morgan fingerprint density at radius 1 is 1.47 bits per heavy atom. The van der Waals surface area contributed by atoms with Crippen LogP contribution in [0, 0.1) is 13.8 Å². The molecule has 4 nitrogen and oxygen atoms in total. The summed E-state index contributed by atoms with van der Waals surface area (Å²) in [6, 6.07) is 5.87. The average molecular weight is 237 g/mol. The highest BCUT2D eigenvalue weighted by Crippen LogP contribution is 2.19. The third-order valence-corrected chi connectivity index (χ3v) is 2.70. The Balaban J connectivity index is 2.54. The van der Waals surface area contributed by atoms with Crippen LogP contribution < -0.4 is 10.5 Å². The molecule has 0 bridgehead atoms. The molecular weight excluding hydrogens is 218 g/mol. The monoisotopic (exact) mass is 237 g/mol. The van der Waals surface area contributed by atoms with Crippen LogP contribution in [-0.2, 0) is 4.79 Å². The molecule has 1 aromatic carbocycles. The van der Waals surface area contributed by atoms with E-state index in [-0.39, 0.29) is 6.42 Å². The van der Waals surface area contributed by atoms with Gasteiger partial charge in [0.25, 0.3) is 0 Å². The summed E-state index contributed by atoms with van der Waals surface area (Å²) >= 11 is 0. The van der Waals surface area contributed by atoms with E-state index in [2.05, 4.69) is 0 Å². The van der Waals surface area contributed by atoms with Crippen LogP contribution >= 0.6 is 0 Å². The van der Waals surface area contributed by atoms with Crippen molar-refractivity contribution in [1.82, 2.24) is 0 Å². The van der Waals surface area contributed by atoms with Crippen molar-refractivity contribution in [1.29, 1.82) is 0 Å². The van der Waals surface area contributed by atoms with Gasteiger partial charge in [-0.2, -0.15) is 0 Å². The lowest BCUT2D eigenvalue weighted by atomic mass is 10.0. The van der Waals surface area contributed by atoms with Crippen molar-refractivity contribution in [3.05, 3.63) is 29.3 Å². The molecule has 0 fully saturated rings. The van der Waals surface area contributed by atoms with Gasteiger partial charge >= 0.3 is 5.97 Å². The van der Waals surface area contributed by atoms with E-state index in [1.165, 1.54) is 12.5 Å². The number of aryl methyl sites for hydroxylation is 2. The van der Waals surface area contributed by atoms with Crippen LogP contribution in [0.4, 0.5) is 0 Å². The lowest BCUT2D eigenvalue weighted by molar-refractivity contribution is -0.143. The van der Waals surface area contributed by atoms with E-state index in [0.29, 0.717) is 6.61 Å². The largest absolute Gasteiger partial charge is 0.493 e. The Bertz CT molecular complexity index is 413. The maximum Gasteiger partial charge on any atom is 0.323 e. The van der Waals surface area contributed by atoms with Crippen LogP contribution in [0.15, 0.2) is 18.2 Å². The van der Waals surface area contributed by atoms with Gasteiger partial charge in [0.1, 0.15) is 11.3 Å². The molecule has 94 valence electrons. The number of aliphatic carboxylic acids is 1. The summed E-state index contributed by atoms with van der Waals surface area (Å²) in [5.41, 5.74) is 6.58. The van der Waals surface area contributed by atoms with Gasteiger partial charge in [-0.25, -0.2) is 0 Å². The fourth-order valence-corrected chi connectivity index (χ4v) is 1.44. The van der Waals surface area contributed by atoms with E-state index in [4.69, 9.17) is 15.6 Å². The van der Waals surface area contributed by atoms with Crippen molar-refractivity contribution in [2.24, 2.45) is 5.73 Å². The normalized spacial score (nSPS) is 14.1. The highest BCUT2D eigenvalue weighted by Gasteiger charge is 2.27. The zero-order valence-corrected chi connectivity index (χ0v) is 10.5. The predicted octanol–water partition coefficient (Wildman–Crippen LogP) is 1.87. The van der Waals surface area contributed by atoms with Crippen LogP contribution in [0.1, 0.15) is 24.5 Å². The molecule has 1 rings (SSSR count). The predicted molar refractivity (Wildman–Crippen MR) is 66.3 cm³/mol. The molecule has 3 N–H and O–H groups in total. The molecule has 1 unspecified atom stereocenters. The van der Waals surface area contributed by atoms with Gasteiger partial charge < -0.3 is 15.6 Å². The van der Waals surface area contributed by atoms with Gasteiger partial charge in [0.15, 0.2) is 0 Å². The summed E-state index contributed by atoms with van der Waals surface area (Å²) in [6.45, 7) is 5.75. The minimum Gasteiger partial charge on any atom is -0.493 e. The number of carboxylic acid groups (broad SMARTS) is 1. The molecule has 0 saturated carbocycles. The molecule has 0 spiro atoms. The highest BCUT2D eigenvalue weighted by atomic mass is 16.5. The second-order valence-corrected chi connectivity index (χ2v) is 4.59. The fraction of sp³-hybridized carbons (Fsp3) is 0.462. The highest BCUT2D eigenvalue weighted by molar-refractivity contribution is 5.77. The number of ether oxygens (including phenoxy) is 1. The average Bonchev–Trinajstić information content (AvgIpc) is 2.21. The third kappa shape index (κ3) is 3.75. The van der Waals surface area contributed by atoms with Crippen molar-refractivity contribution >= 4 is 5.97 Å². The van der Waals surface area contributed by atoms with Gasteiger partial charge in [-0.3, -0.25) is 4.79 Å². The maximum atomic E-state index is 10.8. The Morgan fingerprint density at radius 2 is 2.12 bits per heavy atom. The number of rotatable bonds is 5. The summed E-state index contributed by atoms with van der Waals surface area (Å²) in [4.78, 5) is 10.8.